The highest BCUT2D eigenvalue weighted by Gasteiger charge is 2.46. The molecule has 4 aromatic rings. The number of nitrogens with one attached hydrogen (secondary N) is 1. The Morgan fingerprint density at radius 2 is 2.03 bits per heavy atom. The number of ether oxygens (including phenoxy) is 1. The first-order valence-corrected chi connectivity index (χ1v) is 11.8. The van der Waals surface area contributed by atoms with Gasteiger partial charge in [0.05, 0.1) is 35.7 Å². The number of alkyl halides is 2. The second-order valence-electron chi connectivity index (χ2n) is 8.35. The van der Waals surface area contributed by atoms with E-state index in [1.54, 1.807) is 6.20 Å². The molecule has 0 amide bonds. The fraction of sp³-hybridized carbons (Fsp3) is 0.261. The van der Waals surface area contributed by atoms with Crippen LogP contribution in [0, 0.1) is 0 Å². The Morgan fingerprint density at radius 1 is 1.19 bits per heavy atom. The molecule has 2 atom stereocenters. The van der Waals surface area contributed by atoms with Gasteiger partial charge in [0.2, 0.25) is 0 Å². The fourth-order valence-electron chi connectivity index (χ4n) is 4.70. The molecule has 164 valence electrons. The molecule has 2 aromatic heterocycles. The number of imidazole rings is 1. The molecule has 9 heteroatoms. The second kappa shape index (κ2) is 7.13. The molecule has 0 bridgehead atoms. The Balaban J connectivity index is 1.37. The van der Waals surface area contributed by atoms with Crippen LogP contribution in [0.2, 0.25) is 0 Å². The SMILES string of the molecule is CC1Oc2cc(-c3cnc(C4CC(F)(F)CN4Br)[nH]3)ccc2-c2cc3cc(Br)ccc3n21. The number of H-pyrrole nitrogens is 1. The van der Waals surface area contributed by atoms with Gasteiger partial charge in [-0.2, -0.15) is 0 Å². The third kappa shape index (κ3) is 3.21. The minimum absolute atomic E-state index is 0.161. The molecule has 2 aliphatic rings. The fourth-order valence-corrected chi connectivity index (χ4v) is 5.79. The van der Waals surface area contributed by atoms with Crippen LogP contribution in [-0.2, 0) is 0 Å². The van der Waals surface area contributed by atoms with Crippen LogP contribution in [0.1, 0.15) is 31.4 Å². The maximum absolute atomic E-state index is 13.8. The van der Waals surface area contributed by atoms with Crippen LogP contribution in [0.25, 0.3) is 33.4 Å². The molecule has 0 saturated carbocycles. The first-order chi connectivity index (χ1) is 15.3. The molecular formula is C23H18Br2F2N4O. The molecule has 6 rings (SSSR count). The van der Waals surface area contributed by atoms with Crippen LogP contribution in [0.5, 0.6) is 5.75 Å². The highest BCUT2D eigenvalue weighted by atomic mass is 79.9. The number of halogens is 4. The lowest BCUT2D eigenvalue weighted by Gasteiger charge is -2.27. The maximum Gasteiger partial charge on any atom is 0.263 e. The summed E-state index contributed by atoms with van der Waals surface area (Å²) in [5.74, 6) is -1.42. The van der Waals surface area contributed by atoms with Crippen LogP contribution < -0.4 is 4.74 Å². The lowest BCUT2D eigenvalue weighted by molar-refractivity contribution is 0.0178. The van der Waals surface area contributed by atoms with E-state index in [2.05, 4.69) is 64.8 Å². The summed E-state index contributed by atoms with van der Waals surface area (Å²) >= 11 is 6.79. The van der Waals surface area contributed by atoms with E-state index < -0.39 is 12.0 Å². The average Bonchev–Trinajstić information content (AvgIpc) is 3.42. The van der Waals surface area contributed by atoms with Crippen molar-refractivity contribution < 1.29 is 13.5 Å². The second-order valence-corrected chi connectivity index (χ2v) is 10.2. The normalized spacial score (nSPS) is 22.0. The van der Waals surface area contributed by atoms with Crippen LogP contribution in [0.4, 0.5) is 8.78 Å². The van der Waals surface area contributed by atoms with Gasteiger partial charge in [-0.25, -0.2) is 17.7 Å². The van der Waals surface area contributed by atoms with Crippen molar-refractivity contribution >= 4 is 43.0 Å². The Hall–Kier alpha value is -2.23. The third-order valence-corrected chi connectivity index (χ3v) is 7.39. The minimum Gasteiger partial charge on any atom is -0.470 e. The van der Waals surface area contributed by atoms with E-state index in [-0.39, 0.29) is 19.2 Å². The Labute approximate surface area is 199 Å². The number of aromatic nitrogens is 3. The summed E-state index contributed by atoms with van der Waals surface area (Å²) in [6.45, 7) is 1.70. The van der Waals surface area contributed by atoms with Crippen molar-refractivity contribution in [2.45, 2.75) is 31.5 Å². The van der Waals surface area contributed by atoms with Crippen molar-refractivity contribution in [1.82, 2.24) is 18.5 Å². The number of fused-ring (bicyclic) bond motifs is 5. The number of rotatable bonds is 2. The van der Waals surface area contributed by atoms with Crippen molar-refractivity contribution in [3.63, 3.8) is 0 Å². The van der Waals surface area contributed by atoms with Crippen molar-refractivity contribution in [3.8, 4) is 28.3 Å². The Bertz CT molecular complexity index is 1370. The van der Waals surface area contributed by atoms with E-state index in [9.17, 15) is 8.78 Å². The largest absolute Gasteiger partial charge is 0.470 e. The van der Waals surface area contributed by atoms with Gasteiger partial charge in [0.15, 0.2) is 6.23 Å². The predicted molar refractivity (Wildman–Crippen MR) is 126 cm³/mol. The van der Waals surface area contributed by atoms with Crippen molar-refractivity contribution in [1.29, 1.82) is 0 Å². The van der Waals surface area contributed by atoms with Crippen LogP contribution in [0.15, 0.2) is 53.1 Å². The highest BCUT2D eigenvalue weighted by Crippen LogP contribution is 2.45. The van der Waals surface area contributed by atoms with Gasteiger partial charge in [-0.3, -0.25) is 0 Å². The van der Waals surface area contributed by atoms with Gasteiger partial charge in [0.1, 0.15) is 11.6 Å². The van der Waals surface area contributed by atoms with Gasteiger partial charge in [-0.15, -0.1) is 0 Å². The number of benzene rings is 2. The van der Waals surface area contributed by atoms with Gasteiger partial charge in [0, 0.05) is 43.6 Å². The predicted octanol–water partition coefficient (Wildman–Crippen LogP) is 7.06. The standard InChI is InChI=1S/C23H18Br2F2N4O/c1-12-31-18-5-3-15(24)6-14(18)7-19(31)16-4-2-13(8-21(16)32-12)17-10-28-22(29-17)20-9-23(26,27)11-30(20)25/h2-8,10,12,20H,9,11H2,1H3,(H,28,29). The lowest BCUT2D eigenvalue weighted by Crippen LogP contribution is -2.18. The maximum atomic E-state index is 13.8. The van der Waals surface area contributed by atoms with Gasteiger partial charge < -0.3 is 14.3 Å². The summed E-state index contributed by atoms with van der Waals surface area (Å²) in [4.78, 5) is 7.60. The molecule has 0 spiro atoms. The summed E-state index contributed by atoms with van der Waals surface area (Å²) in [5.41, 5.74) is 4.90. The molecule has 1 fully saturated rings. The topological polar surface area (TPSA) is 46.1 Å². The van der Waals surface area contributed by atoms with Crippen LogP contribution >= 0.6 is 32.1 Å². The van der Waals surface area contributed by atoms with E-state index in [0.717, 1.165) is 43.6 Å². The molecule has 4 heterocycles. The zero-order chi connectivity index (χ0) is 22.2. The smallest absolute Gasteiger partial charge is 0.263 e. The van der Waals surface area contributed by atoms with E-state index >= 15 is 0 Å². The van der Waals surface area contributed by atoms with Gasteiger partial charge >= 0.3 is 0 Å². The van der Waals surface area contributed by atoms with E-state index in [0.29, 0.717) is 5.82 Å². The van der Waals surface area contributed by atoms with Crippen molar-refractivity contribution in [3.05, 3.63) is 59.0 Å². The molecule has 2 aliphatic heterocycles. The molecule has 2 aromatic carbocycles. The molecule has 0 aliphatic carbocycles. The summed E-state index contributed by atoms with van der Waals surface area (Å²) < 4.78 is 38.5. The first kappa shape index (κ1) is 20.4. The quantitative estimate of drug-likeness (QED) is 0.265. The zero-order valence-corrected chi connectivity index (χ0v) is 20.1. The number of aromatic amines is 1. The van der Waals surface area contributed by atoms with E-state index in [1.807, 2.05) is 31.2 Å². The van der Waals surface area contributed by atoms with Gasteiger partial charge in [-0.05, 0) is 43.3 Å². The monoisotopic (exact) mass is 562 g/mol. The van der Waals surface area contributed by atoms with Crippen LogP contribution in [-0.4, -0.2) is 30.9 Å². The van der Waals surface area contributed by atoms with Crippen LogP contribution in [0.3, 0.4) is 0 Å². The Kier molecular flexibility index (Phi) is 4.54. The molecular weight excluding hydrogens is 546 g/mol. The first-order valence-electron chi connectivity index (χ1n) is 10.3. The highest BCUT2D eigenvalue weighted by molar-refractivity contribution is 9.10. The number of hydrogen-bond donors (Lipinski definition) is 1. The lowest BCUT2D eigenvalue weighted by atomic mass is 10.0. The third-order valence-electron chi connectivity index (χ3n) is 6.15. The minimum atomic E-state index is -2.73. The van der Waals surface area contributed by atoms with E-state index in [4.69, 9.17) is 4.74 Å². The molecule has 0 radical (unpaired) electrons. The van der Waals surface area contributed by atoms with Crippen molar-refractivity contribution in [2.24, 2.45) is 0 Å². The molecule has 32 heavy (non-hydrogen) atoms. The van der Waals surface area contributed by atoms with Crippen molar-refractivity contribution in [2.75, 3.05) is 6.54 Å². The average molecular weight is 564 g/mol. The summed E-state index contributed by atoms with van der Waals surface area (Å²) in [6.07, 6.45) is 1.26. The summed E-state index contributed by atoms with van der Waals surface area (Å²) in [7, 11) is 0. The molecule has 5 nitrogen and oxygen atoms in total. The summed E-state index contributed by atoms with van der Waals surface area (Å²) in [6, 6.07) is 13.9. The number of nitrogens with zero attached hydrogens (tertiary/aromatic N) is 3. The number of hydrogen-bond acceptors (Lipinski definition) is 3. The zero-order valence-electron chi connectivity index (χ0n) is 16.9. The van der Waals surface area contributed by atoms with Gasteiger partial charge in [0.25, 0.3) is 5.92 Å². The van der Waals surface area contributed by atoms with E-state index in [1.165, 1.54) is 3.93 Å². The molecule has 2 unspecified atom stereocenters. The molecule has 1 saturated heterocycles. The Morgan fingerprint density at radius 3 is 2.81 bits per heavy atom. The van der Waals surface area contributed by atoms with Gasteiger partial charge in [-0.1, -0.05) is 22.0 Å². The summed E-state index contributed by atoms with van der Waals surface area (Å²) in [5, 5.41) is 1.15. The molecule has 1 N–H and O–H groups in total.